The standard InChI is InChI=1S/C29H39N5O3/c1-21-19-24(32-28(31-21)34-15-7-8-16-34)26(35)33-17-13-29(14-18-33)12-6-5-10-23-9-3-4-11-25(23)37-20-22(2)30-27(29)36/h3-4,9,11,19,22H,5-8,10,12-18,20H2,1-2H3,(H,30,36)/t22-/m1/s1. The number of ether oxygens (including phenoxy) is 1. The summed E-state index contributed by atoms with van der Waals surface area (Å²) in [4.78, 5) is 40.2. The number of carbonyl (C=O) groups is 2. The molecular formula is C29H39N5O3. The maximum Gasteiger partial charge on any atom is 0.272 e. The molecule has 1 aromatic carbocycles. The molecule has 8 nitrogen and oxygen atoms in total. The Balaban J connectivity index is 1.27. The molecule has 3 aliphatic heterocycles. The number of nitrogens with zero attached hydrogens (tertiary/aromatic N) is 4. The summed E-state index contributed by atoms with van der Waals surface area (Å²) in [6.07, 6.45) is 7.35. The highest BCUT2D eigenvalue weighted by Crippen LogP contribution is 2.38. The first-order chi connectivity index (χ1) is 17.9. The number of piperidine rings is 1. The van der Waals surface area contributed by atoms with Crippen molar-refractivity contribution in [1.29, 1.82) is 0 Å². The predicted octanol–water partition coefficient (Wildman–Crippen LogP) is 3.92. The number of para-hydroxylation sites is 1. The Labute approximate surface area is 219 Å². The number of amides is 2. The van der Waals surface area contributed by atoms with Gasteiger partial charge in [-0.05, 0) is 76.5 Å². The Morgan fingerprint density at radius 3 is 2.57 bits per heavy atom. The van der Waals surface area contributed by atoms with E-state index in [1.165, 1.54) is 5.56 Å². The van der Waals surface area contributed by atoms with Crippen LogP contribution in [-0.2, 0) is 11.2 Å². The monoisotopic (exact) mass is 505 g/mol. The van der Waals surface area contributed by atoms with Crippen LogP contribution in [0.4, 0.5) is 5.95 Å². The molecule has 0 unspecified atom stereocenters. The second-order valence-corrected chi connectivity index (χ2v) is 11.0. The average molecular weight is 506 g/mol. The van der Waals surface area contributed by atoms with Gasteiger partial charge in [0, 0.05) is 31.9 Å². The fourth-order valence-electron chi connectivity index (χ4n) is 5.87. The van der Waals surface area contributed by atoms with Crippen LogP contribution in [-0.4, -0.2) is 65.5 Å². The van der Waals surface area contributed by atoms with E-state index in [2.05, 4.69) is 32.3 Å². The van der Waals surface area contributed by atoms with Crippen molar-refractivity contribution in [3.8, 4) is 5.75 Å². The van der Waals surface area contributed by atoms with Gasteiger partial charge in [0.15, 0.2) is 0 Å². The van der Waals surface area contributed by atoms with Gasteiger partial charge in [0.25, 0.3) is 5.91 Å². The summed E-state index contributed by atoms with van der Waals surface area (Å²) in [6, 6.07) is 9.89. The van der Waals surface area contributed by atoms with Crippen LogP contribution in [0, 0.1) is 12.3 Å². The maximum absolute atomic E-state index is 13.5. The summed E-state index contributed by atoms with van der Waals surface area (Å²) in [6.45, 7) is 7.34. The summed E-state index contributed by atoms with van der Waals surface area (Å²) in [5, 5.41) is 3.22. The Kier molecular flexibility index (Phi) is 7.63. The van der Waals surface area contributed by atoms with Gasteiger partial charge in [0.05, 0.1) is 11.5 Å². The van der Waals surface area contributed by atoms with Crippen LogP contribution in [0.5, 0.6) is 5.75 Å². The Morgan fingerprint density at radius 1 is 1.03 bits per heavy atom. The van der Waals surface area contributed by atoms with Crippen LogP contribution >= 0.6 is 0 Å². The number of fused-ring (bicyclic) bond motifs is 1. The molecule has 1 atom stereocenters. The predicted molar refractivity (Wildman–Crippen MR) is 143 cm³/mol. The molecule has 2 amide bonds. The number of aromatic nitrogens is 2. The molecule has 5 rings (SSSR count). The van der Waals surface area contributed by atoms with Crippen LogP contribution < -0.4 is 15.0 Å². The second kappa shape index (κ2) is 11.1. The van der Waals surface area contributed by atoms with E-state index >= 15 is 0 Å². The summed E-state index contributed by atoms with van der Waals surface area (Å²) in [7, 11) is 0. The molecule has 0 saturated carbocycles. The second-order valence-electron chi connectivity index (χ2n) is 11.0. The lowest BCUT2D eigenvalue weighted by Crippen LogP contribution is -2.52. The molecular weight excluding hydrogens is 466 g/mol. The van der Waals surface area contributed by atoms with Crippen LogP contribution in [0.15, 0.2) is 30.3 Å². The number of benzene rings is 1. The SMILES string of the molecule is Cc1cc(C(=O)N2CCC3(CCCCc4ccccc4OC[C@@H](C)NC3=O)CC2)nc(N2CCCC2)n1. The molecule has 8 heteroatoms. The van der Waals surface area contributed by atoms with Gasteiger partial charge in [-0.25, -0.2) is 9.97 Å². The molecule has 1 spiro atoms. The van der Waals surface area contributed by atoms with Crippen molar-refractivity contribution in [1.82, 2.24) is 20.2 Å². The van der Waals surface area contributed by atoms with Gasteiger partial charge in [-0.15, -0.1) is 0 Å². The van der Waals surface area contributed by atoms with E-state index in [-0.39, 0.29) is 17.9 Å². The fraction of sp³-hybridized carbons (Fsp3) is 0.586. The Morgan fingerprint density at radius 2 is 1.78 bits per heavy atom. The first kappa shape index (κ1) is 25.5. The van der Waals surface area contributed by atoms with Crippen LogP contribution in [0.25, 0.3) is 0 Å². The molecule has 0 bridgehead atoms. The van der Waals surface area contributed by atoms with Gasteiger partial charge in [0.1, 0.15) is 18.1 Å². The minimum Gasteiger partial charge on any atom is -0.491 e. The molecule has 4 heterocycles. The Hall–Kier alpha value is -3.16. The maximum atomic E-state index is 13.5. The van der Waals surface area contributed by atoms with E-state index < -0.39 is 5.41 Å². The van der Waals surface area contributed by atoms with Gasteiger partial charge in [-0.1, -0.05) is 24.6 Å². The number of hydrogen-bond acceptors (Lipinski definition) is 6. The molecule has 2 fully saturated rings. The number of carbonyl (C=O) groups excluding carboxylic acids is 2. The number of rotatable bonds is 2. The minimum absolute atomic E-state index is 0.0623. The molecule has 198 valence electrons. The van der Waals surface area contributed by atoms with Crippen LogP contribution in [0.1, 0.15) is 73.6 Å². The van der Waals surface area contributed by atoms with E-state index in [0.29, 0.717) is 44.2 Å². The van der Waals surface area contributed by atoms with E-state index in [0.717, 1.165) is 63.1 Å². The quantitative estimate of drug-likeness (QED) is 0.666. The van der Waals surface area contributed by atoms with Crippen molar-refractivity contribution in [2.75, 3.05) is 37.7 Å². The number of aryl methyl sites for hydroxylation is 2. The number of nitrogens with one attached hydrogen (secondary N) is 1. The van der Waals surface area contributed by atoms with Crippen molar-refractivity contribution in [3.63, 3.8) is 0 Å². The fourth-order valence-corrected chi connectivity index (χ4v) is 5.87. The van der Waals surface area contributed by atoms with E-state index in [9.17, 15) is 9.59 Å². The normalized spacial score (nSPS) is 22.4. The van der Waals surface area contributed by atoms with Gasteiger partial charge in [-0.2, -0.15) is 0 Å². The zero-order valence-corrected chi connectivity index (χ0v) is 22.2. The molecule has 2 aromatic rings. The highest BCUT2D eigenvalue weighted by Gasteiger charge is 2.42. The third kappa shape index (κ3) is 5.73. The lowest BCUT2D eigenvalue weighted by atomic mass is 9.73. The highest BCUT2D eigenvalue weighted by molar-refractivity contribution is 5.93. The summed E-state index contributed by atoms with van der Waals surface area (Å²) >= 11 is 0. The molecule has 1 N–H and O–H groups in total. The van der Waals surface area contributed by atoms with Crippen LogP contribution in [0.3, 0.4) is 0 Å². The number of hydrogen-bond donors (Lipinski definition) is 1. The lowest BCUT2D eigenvalue weighted by molar-refractivity contribution is -0.135. The van der Waals surface area contributed by atoms with Gasteiger partial charge < -0.3 is 19.9 Å². The number of anilines is 1. The molecule has 1 aromatic heterocycles. The first-order valence-corrected chi connectivity index (χ1v) is 13.9. The van der Waals surface area contributed by atoms with Crippen molar-refractivity contribution in [3.05, 3.63) is 47.3 Å². The molecule has 2 saturated heterocycles. The highest BCUT2D eigenvalue weighted by atomic mass is 16.5. The lowest BCUT2D eigenvalue weighted by Gasteiger charge is -2.41. The first-order valence-electron chi connectivity index (χ1n) is 13.9. The smallest absolute Gasteiger partial charge is 0.272 e. The van der Waals surface area contributed by atoms with E-state index in [1.807, 2.05) is 30.9 Å². The number of likely N-dealkylation sites (tertiary alicyclic amines) is 1. The van der Waals surface area contributed by atoms with Gasteiger partial charge in [0.2, 0.25) is 11.9 Å². The van der Waals surface area contributed by atoms with Crippen molar-refractivity contribution < 1.29 is 14.3 Å². The molecule has 3 aliphatic rings. The van der Waals surface area contributed by atoms with Crippen molar-refractivity contribution in [2.24, 2.45) is 5.41 Å². The summed E-state index contributed by atoms with van der Waals surface area (Å²) < 4.78 is 6.07. The van der Waals surface area contributed by atoms with Gasteiger partial charge >= 0.3 is 0 Å². The molecule has 0 radical (unpaired) electrons. The van der Waals surface area contributed by atoms with Crippen molar-refractivity contribution >= 4 is 17.8 Å². The zero-order valence-electron chi connectivity index (χ0n) is 22.2. The third-order valence-corrected chi connectivity index (χ3v) is 8.13. The van der Waals surface area contributed by atoms with E-state index in [4.69, 9.17) is 4.74 Å². The topological polar surface area (TPSA) is 87.7 Å². The zero-order chi connectivity index (χ0) is 25.8. The summed E-state index contributed by atoms with van der Waals surface area (Å²) in [5.41, 5.74) is 2.04. The largest absolute Gasteiger partial charge is 0.491 e. The minimum atomic E-state index is -0.452. The molecule has 37 heavy (non-hydrogen) atoms. The third-order valence-electron chi connectivity index (χ3n) is 8.13. The average Bonchev–Trinajstić information content (AvgIpc) is 3.45. The Bertz CT molecular complexity index is 1120. The summed E-state index contributed by atoms with van der Waals surface area (Å²) in [5.74, 6) is 1.61. The molecule has 0 aliphatic carbocycles. The van der Waals surface area contributed by atoms with Crippen LogP contribution in [0.2, 0.25) is 0 Å². The van der Waals surface area contributed by atoms with E-state index in [1.54, 1.807) is 6.07 Å². The van der Waals surface area contributed by atoms with Crippen molar-refractivity contribution in [2.45, 2.75) is 71.3 Å². The van der Waals surface area contributed by atoms with Gasteiger partial charge in [-0.3, -0.25) is 9.59 Å².